The van der Waals surface area contributed by atoms with E-state index in [4.69, 9.17) is 0 Å². The molecule has 0 heterocycles. The van der Waals surface area contributed by atoms with Gasteiger partial charge in [0.1, 0.15) is 0 Å². The van der Waals surface area contributed by atoms with E-state index in [0.717, 1.165) is 23.7 Å². The molecule has 0 aromatic heterocycles. The lowest BCUT2D eigenvalue weighted by molar-refractivity contribution is 0.0507. The summed E-state index contributed by atoms with van der Waals surface area (Å²) in [6, 6.07) is 0. The summed E-state index contributed by atoms with van der Waals surface area (Å²) in [5, 5.41) is 0. The summed E-state index contributed by atoms with van der Waals surface area (Å²) in [4.78, 5) is 0. The van der Waals surface area contributed by atoms with E-state index in [-0.39, 0.29) is 0 Å². The van der Waals surface area contributed by atoms with Crippen molar-refractivity contribution < 1.29 is 0 Å². The van der Waals surface area contributed by atoms with Crippen LogP contribution in [0.15, 0.2) is 23.8 Å². The summed E-state index contributed by atoms with van der Waals surface area (Å²) >= 11 is 0. The van der Waals surface area contributed by atoms with Crippen molar-refractivity contribution in [3.63, 3.8) is 0 Å². The molecule has 0 nitrogen and oxygen atoms in total. The molecule has 0 heteroatoms. The Morgan fingerprint density at radius 2 is 1.89 bits per heavy atom. The van der Waals surface area contributed by atoms with Crippen molar-refractivity contribution >= 4 is 0 Å². The van der Waals surface area contributed by atoms with Gasteiger partial charge in [-0.15, -0.1) is 0 Å². The Balaban J connectivity index is 2.38. The van der Waals surface area contributed by atoms with Crippen LogP contribution in [0.3, 0.4) is 0 Å². The molecule has 102 valence electrons. The van der Waals surface area contributed by atoms with Gasteiger partial charge in [-0.25, -0.2) is 0 Å². The number of allylic oxidation sites excluding steroid dienone is 3. The van der Waals surface area contributed by atoms with Crippen LogP contribution in [0, 0.1) is 29.1 Å². The Bertz CT molecular complexity index is 358. The van der Waals surface area contributed by atoms with Crippen molar-refractivity contribution in [2.24, 2.45) is 29.1 Å². The standard InChI is InChI=1S/C18H30/c1-12(2)16-8-7-15-11-14(5)9-10-18(15,6)17(16)13(3)4/h7,12-13,16-17H,5,8-11H2,1-4,6H3/t16?,17?,18-/m0/s1. The number of rotatable bonds is 2. The van der Waals surface area contributed by atoms with Crippen LogP contribution in [0.5, 0.6) is 0 Å². The molecular weight excluding hydrogens is 216 g/mol. The van der Waals surface area contributed by atoms with Crippen LogP contribution in [0.25, 0.3) is 0 Å². The minimum absolute atomic E-state index is 0.447. The van der Waals surface area contributed by atoms with Crippen molar-refractivity contribution in [1.82, 2.24) is 0 Å². The van der Waals surface area contributed by atoms with E-state index in [0.29, 0.717) is 5.41 Å². The fraction of sp³-hybridized carbons (Fsp3) is 0.778. The molecule has 0 N–H and O–H groups in total. The molecule has 0 amide bonds. The first-order valence-corrected chi connectivity index (χ1v) is 7.72. The fourth-order valence-electron chi connectivity index (χ4n) is 4.66. The van der Waals surface area contributed by atoms with Crippen LogP contribution in [0.2, 0.25) is 0 Å². The van der Waals surface area contributed by atoms with E-state index in [2.05, 4.69) is 47.3 Å². The molecule has 2 unspecified atom stereocenters. The van der Waals surface area contributed by atoms with Crippen LogP contribution in [-0.2, 0) is 0 Å². The second-order valence-corrected chi connectivity index (χ2v) is 7.49. The Labute approximate surface area is 114 Å². The molecule has 1 saturated carbocycles. The molecule has 2 aliphatic carbocycles. The molecule has 3 atom stereocenters. The Morgan fingerprint density at radius 3 is 2.44 bits per heavy atom. The van der Waals surface area contributed by atoms with E-state index < -0.39 is 0 Å². The Kier molecular flexibility index (Phi) is 3.76. The highest BCUT2D eigenvalue weighted by Gasteiger charge is 2.47. The molecule has 0 aromatic rings. The van der Waals surface area contributed by atoms with E-state index in [1.54, 1.807) is 5.57 Å². The third-order valence-corrected chi connectivity index (χ3v) is 5.58. The average Bonchev–Trinajstić information content (AvgIpc) is 2.27. The number of hydrogen-bond donors (Lipinski definition) is 0. The van der Waals surface area contributed by atoms with E-state index >= 15 is 0 Å². The van der Waals surface area contributed by atoms with Crippen LogP contribution >= 0.6 is 0 Å². The first-order chi connectivity index (χ1) is 8.36. The zero-order valence-electron chi connectivity index (χ0n) is 12.9. The zero-order valence-corrected chi connectivity index (χ0v) is 12.9. The molecule has 0 aliphatic heterocycles. The smallest absolute Gasteiger partial charge is 0.00766 e. The van der Waals surface area contributed by atoms with Crippen LogP contribution in [0.4, 0.5) is 0 Å². The summed E-state index contributed by atoms with van der Waals surface area (Å²) in [5.41, 5.74) is 3.60. The van der Waals surface area contributed by atoms with Crippen LogP contribution in [0.1, 0.15) is 60.3 Å². The summed E-state index contributed by atoms with van der Waals surface area (Å²) in [6.45, 7) is 16.4. The topological polar surface area (TPSA) is 0 Å². The first-order valence-electron chi connectivity index (χ1n) is 7.72. The highest BCUT2D eigenvalue weighted by Crippen LogP contribution is 2.56. The molecule has 0 bridgehead atoms. The predicted molar refractivity (Wildman–Crippen MR) is 80.5 cm³/mol. The quantitative estimate of drug-likeness (QED) is 0.556. The number of hydrogen-bond acceptors (Lipinski definition) is 0. The third-order valence-electron chi connectivity index (χ3n) is 5.58. The maximum Gasteiger partial charge on any atom is -0.00766 e. The van der Waals surface area contributed by atoms with E-state index in [1.807, 2.05) is 0 Å². The molecular formula is C18H30. The van der Waals surface area contributed by atoms with Crippen molar-refractivity contribution in [1.29, 1.82) is 0 Å². The minimum atomic E-state index is 0.447. The van der Waals surface area contributed by atoms with E-state index in [9.17, 15) is 0 Å². The van der Waals surface area contributed by atoms with Gasteiger partial charge < -0.3 is 0 Å². The van der Waals surface area contributed by atoms with Gasteiger partial charge in [-0.3, -0.25) is 0 Å². The summed E-state index contributed by atoms with van der Waals surface area (Å²) in [7, 11) is 0. The molecule has 2 aliphatic rings. The second-order valence-electron chi connectivity index (χ2n) is 7.49. The lowest BCUT2D eigenvalue weighted by Gasteiger charge is -2.52. The van der Waals surface area contributed by atoms with Gasteiger partial charge in [0.05, 0.1) is 0 Å². The van der Waals surface area contributed by atoms with Gasteiger partial charge in [-0.1, -0.05) is 58.4 Å². The lowest BCUT2D eigenvalue weighted by Crippen LogP contribution is -2.44. The second kappa shape index (κ2) is 4.87. The maximum absolute atomic E-state index is 4.22. The first kappa shape index (κ1) is 13.9. The highest BCUT2D eigenvalue weighted by atomic mass is 14.5. The van der Waals surface area contributed by atoms with Crippen LogP contribution in [-0.4, -0.2) is 0 Å². The van der Waals surface area contributed by atoms with Gasteiger partial charge in [-0.2, -0.15) is 0 Å². The van der Waals surface area contributed by atoms with Gasteiger partial charge in [0.25, 0.3) is 0 Å². The van der Waals surface area contributed by atoms with Crippen molar-refractivity contribution in [3.05, 3.63) is 23.8 Å². The Hall–Kier alpha value is -0.520. The molecule has 0 aromatic carbocycles. The average molecular weight is 246 g/mol. The minimum Gasteiger partial charge on any atom is -0.0995 e. The van der Waals surface area contributed by atoms with Crippen molar-refractivity contribution in [2.45, 2.75) is 60.3 Å². The highest BCUT2D eigenvalue weighted by molar-refractivity contribution is 5.29. The molecule has 18 heavy (non-hydrogen) atoms. The van der Waals surface area contributed by atoms with Crippen LogP contribution < -0.4 is 0 Å². The van der Waals surface area contributed by atoms with Gasteiger partial charge in [0, 0.05) is 0 Å². The van der Waals surface area contributed by atoms with Gasteiger partial charge >= 0.3 is 0 Å². The van der Waals surface area contributed by atoms with Crippen molar-refractivity contribution in [2.75, 3.05) is 0 Å². The molecule has 0 radical (unpaired) electrons. The Morgan fingerprint density at radius 1 is 1.22 bits per heavy atom. The zero-order chi connectivity index (χ0) is 13.5. The van der Waals surface area contributed by atoms with Gasteiger partial charge in [-0.05, 0) is 54.8 Å². The fourth-order valence-corrected chi connectivity index (χ4v) is 4.66. The third kappa shape index (κ3) is 2.19. The monoisotopic (exact) mass is 246 g/mol. The predicted octanol–water partition coefficient (Wildman–Crippen LogP) is 5.61. The SMILES string of the molecule is C=C1CC[C@@]2(C)C(=CCC(C(C)C)C2C(C)C)C1. The molecule has 0 spiro atoms. The normalized spacial score (nSPS) is 36.8. The lowest BCUT2D eigenvalue weighted by atomic mass is 9.52. The van der Waals surface area contributed by atoms with E-state index in [1.165, 1.54) is 31.3 Å². The number of fused-ring (bicyclic) bond motifs is 1. The molecule has 0 saturated heterocycles. The largest absolute Gasteiger partial charge is 0.0995 e. The molecule has 2 rings (SSSR count). The summed E-state index contributed by atoms with van der Waals surface area (Å²) in [5.74, 6) is 3.31. The van der Waals surface area contributed by atoms with Crippen molar-refractivity contribution in [3.8, 4) is 0 Å². The van der Waals surface area contributed by atoms with Gasteiger partial charge in [0.15, 0.2) is 0 Å². The summed E-state index contributed by atoms with van der Waals surface area (Å²) in [6.07, 6.45) is 7.59. The molecule has 1 fully saturated rings. The maximum atomic E-state index is 4.22. The van der Waals surface area contributed by atoms with Gasteiger partial charge in [0.2, 0.25) is 0 Å². The summed E-state index contributed by atoms with van der Waals surface area (Å²) < 4.78 is 0.